The fraction of sp³-hybridized carbons (Fsp3) is 0.294. The summed E-state index contributed by atoms with van der Waals surface area (Å²) in [6, 6.07) is 6.95. The van der Waals surface area contributed by atoms with Gasteiger partial charge in [-0.1, -0.05) is 5.16 Å². The van der Waals surface area contributed by atoms with Crippen molar-refractivity contribution in [2.45, 2.75) is 6.92 Å². The maximum atomic E-state index is 12.3. The topological polar surface area (TPSA) is 101 Å². The zero-order valence-corrected chi connectivity index (χ0v) is 14.3. The van der Waals surface area contributed by atoms with Crippen LogP contribution < -0.4 is 10.2 Å². The minimum Gasteiger partial charge on any atom is -0.459 e. The summed E-state index contributed by atoms with van der Waals surface area (Å²) in [4.78, 5) is 25.0. The van der Waals surface area contributed by atoms with Crippen molar-refractivity contribution in [3.8, 4) is 0 Å². The number of aromatic nitrogens is 3. The number of hydrogen-bond acceptors (Lipinski definition) is 8. The Kier molecular flexibility index (Phi) is 4.26. The fourth-order valence-corrected chi connectivity index (χ4v) is 2.79. The van der Waals surface area contributed by atoms with Crippen LogP contribution in [0.25, 0.3) is 0 Å². The third kappa shape index (κ3) is 3.37. The van der Waals surface area contributed by atoms with Crippen molar-refractivity contribution in [3.63, 3.8) is 0 Å². The third-order valence-corrected chi connectivity index (χ3v) is 4.11. The monoisotopic (exact) mass is 354 g/mol. The molecule has 134 valence electrons. The average molecular weight is 354 g/mol. The molecule has 0 bridgehead atoms. The number of carbonyl (C=O) groups excluding carboxylic acids is 1. The van der Waals surface area contributed by atoms with E-state index < -0.39 is 0 Å². The van der Waals surface area contributed by atoms with E-state index in [1.54, 1.807) is 35.4 Å². The SMILES string of the molecule is Cc1cc(Nc2ccnc(N3CCN(C(=O)c4ccco4)CC3)n2)no1. The Labute approximate surface area is 149 Å². The first-order chi connectivity index (χ1) is 12.7. The van der Waals surface area contributed by atoms with Gasteiger partial charge in [-0.25, -0.2) is 4.98 Å². The zero-order chi connectivity index (χ0) is 17.9. The number of carbonyl (C=O) groups is 1. The second-order valence-electron chi connectivity index (χ2n) is 5.95. The molecule has 9 heteroatoms. The highest BCUT2D eigenvalue weighted by Gasteiger charge is 2.24. The molecule has 0 spiro atoms. The molecule has 3 aromatic heterocycles. The number of amides is 1. The van der Waals surface area contributed by atoms with Gasteiger partial charge in [-0.15, -0.1) is 0 Å². The minimum absolute atomic E-state index is 0.0904. The number of nitrogens with one attached hydrogen (secondary N) is 1. The molecule has 0 saturated carbocycles. The molecule has 26 heavy (non-hydrogen) atoms. The van der Waals surface area contributed by atoms with Gasteiger partial charge in [0.15, 0.2) is 11.6 Å². The number of anilines is 3. The van der Waals surface area contributed by atoms with Gasteiger partial charge < -0.3 is 24.1 Å². The van der Waals surface area contributed by atoms with Crippen LogP contribution in [-0.2, 0) is 0 Å². The van der Waals surface area contributed by atoms with Crippen molar-refractivity contribution in [1.82, 2.24) is 20.0 Å². The van der Waals surface area contributed by atoms with Gasteiger partial charge >= 0.3 is 0 Å². The zero-order valence-electron chi connectivity index (χ0n) is 14.3. The van der Waals surface area contributed by atoms with Crippen molar-refractivity contribution in [2.75, 3.05) is 36.4 Å². The first-order valence-electron chi connectivity index (χ1n) is 8.30. The molecule has 1 aliphatic rings. The van der Waals surface area contributed by atoms with Crippen molar-refractivity contribution in [1.29, 1.82) is 0 Å². The molecule has 1 N–H and O–H groups in total. The van der Waals surface area contributed by atoms with E-state index in [9.17, 15) is 4.79 Å². The molecular formula is C17H18N6O3. The van der Waals surface area contributed by atoms with E-state index in [1.165, 1.54) is 6.26 Å². The summed E-state index contributed by atoms with van der Waals surface area (Å²) in [6.45, 7) is 4.30. The van der Waals surface area contributed by atoms with Crippen LogP contribution in [0.2, 0.25) is 0 Å². The summed E-state index contributed by atoms with van der Waals surface area (Å²) < 4.78 is 10.2. The molecule has 1 saturated heterocycles. The van der Waals surface area contributed by atoms with Crippen LogP contribution in [0.5, 0.6) is 0 Å². The summed E-state index contributed by atoms with van der Waals surface area (Å²) in [7, 11) is 0. The quantitative estimate of drug-likeness (QED) is 0.760. The normalized spacial score (nSPS) is 14.5. The van der Waals surface area contributed by atoms with E-state index in [0.29, 0.717) is 49.5 Å². The number of piperazine rings is 1. The van der Waals surface area contributed by atoms with E-state index in [4.69, 9.17) is 8.94 Å². The van der Waals surface area contributed by atoms with E-state index in [-0.39, 0.29) is 5.91 Å². The van der Waals surface area contributed by atoms with Crippen molar-refractivity contribution in [2.24, 2.45) is 0 Å². The van der Waals surface area contributed by atoms with Crippen LogP contribution >= 0.6 is 0 Å². The van der Waals surface area contributed by atoms with E-state index in [0.717, 1.165) is 5.76 Å². The number of hydrogen-bond donors (Lipinski definition) is 1. The second-order valence-corrected chi connectivity index (χ2v) is 5.95. The summed E-state index contributed by atoms with van der Waals surface area (Å²) in [5.41, 5.74) is 0. The van der Waals surface area contributed by atoms with E-state index in [1.807, 2.05) is 11.8 Å². The molecule has 4 heterocycles. The Morgan fingerprint density at radius 2 is 2.04 bits per heavy atom. The number of rotatable bonds is 4. The summed E-state index contributed by atoms with van der Waals surface area (Å²) in [5, 5.41) is 6.98. The molecule has 1 aliphatic heterocycles. The van der Waals surface area contributed by atoms with E-state index >= 15 is 0 Å². The highest BCUT2D eigenvalue weighted by atomic mass is 16.5. The Hall–Kier alpha value is -3.36. The maximum Gasteiger partial charge on any atom is 0.289 e. The molecule has 1 fully saturated rings. The highest BCUT2D eigenvalue weighted by Crippen LogP contribution is 2.18. The average Bonchev–Trinajstić information content (AvgIpc) is 3.34. The Bertz CT molecular complexity index is 884. The standard InChI is InChI=1S/C17H18N6O3/c1-12-11-15(21-26-12)19-14-4-5-18-17(20-14)23-8-6-22(7-9-23)16(24)13-3-2-10-25-13/h2-5,10-11H,6-9H2,1H3,(H,18,19,20,21). The Morgan fingerprint density at radius 1 is 1.19 bits per heavy atom. The van der Waals surface area contributed by atoms with Gasteiger partial charge in [-0.05, 0) is 25.1 Å². The molecule has 0 aliphatic carbocycles. The lowest BCUT2D eigenvalue weighted by Gasteiger charge is -2.34. The van der Waals surface area contributed by atoms with Gasteiger partial charge in [-0.2, -0.15) is 4.98 Å². The van der Waals surface area contributed by atoms with Gasteiger partial charge in [0.25, 0.3) is 5.91 Å². The molecule has 0 atom stereocenters. The lowest BCUT2D eigenvalue weighted by molar-refractivity contribution is 0.0714. The smallest absolute Gasteiger partial charge is 0.289 e. The summed E-state index contributed by atoms with van der Waals surface area (Å²) in [5.74, 6) is 2.84. The number of aryl methyl sites for hydroxylation is 1. The lowest BCUT2D eigenvalue weighted by Crippen LogP contribution is -2.49. The summed E-state index contributed by atoms with van der Waals surface area (Å²) in [6.07, 6.45) is 3.20. The van der Waals surface area contributed by atoms with Crippen LogP contribution in [0.4, 0.5) is 17.6 Å². The largest absolute Gasteiger partial charge is 0.459 e. The number of furan rings is 1. The van der Waals surface area contributed by atoms with Crippen molar-refractivity contribution >= 4 is 23.5 Å². The van der Waals surface area contributed by atoms with Crippen LogP contribution in [0, 0.1) is 6.92 Å². The lowest BCUT2D eigenvalue weighted by atomic mass is 10.3. The molecule has 1 amide bonds. The predicted octanol–water partition coefficient (Wildman–Crippen LogP) is 2.07. The van der Waals surface area contributed by atoms with Gasteiger partial charge in [-0.3, -0.25) is 4.79 Å². The molecule has 0 aromatic carbocycles. The van der Waals surface area contributed by atoms with Crippen LogP contribution in [0.1, 0.15) is 16.3 Å². The first kappa shape index (κ1) is 16.1. The predicted molar refractivity (Wildman–Crippen MR) is 93.4 cm³/mol. The van der Waals surface area contributed by atoms with Gasteiger partial charge in [0.05, 0.1) is 6.26 Å². The molecular weight excluding hydrogens is 336 g/mol. The van der Waals surface area contributed by atoms with Crippen LogP contribution in [-0.4, -0.2) is 52.1 Å². The third-order valence-electron chi connectivity index (χ3n) is 4.11. The Balaban J connectivity index is 1.40. The van der Waals surface area contributed by atoms with Gasteiger partial charge in [0.1, 0.15) is 11.6 Å². The number of nitrogens with zero attached hydrogens (tertiary/aromatic N) is 5. The van der Waals surface area contributed by atoms with Crippen molar-refractivity contribution < 1.29 is 13.7 Å². The fourth-order valence-electron chi connectivity index (χ4n) is 2.79. The molecule has 3 aromatic rings. The Morgan fingerprint density at radius 3 is 2.73 bits per heavy atom. The molecule has 9 nitrogen and oxygen atoms in total. The second kappa shape index (κ2) is 6.87. The molecule has 0 unspecified atom stereocenters. The van der Waals surface area contributed by atoms with Gasteiger partial charge in [0, 0.05) is 38.4 Å². The first-order valence-corrected chi connectivity index (χ1v) is 8.30. The van der Waals surface area contributed by atoms with E-state index in [2.05, 4.69) is 20.4 Å². The van der Waals surface area contributed by atoms with Gasteiger partial charge in [0.2, 0.25) is 5.95 Å². The van der Waals surface area contributed by atoms with Crippen LogP contribution in [0.3, 0.4) is 0 Å². The highest BCUT2D eigenvalue weighted by molar-refractivity contribution is 5.91. The van der Waals surface area contributed by atoms with Crippen LogP contribution in [0.15, 0.2) is 45.7 Å². The maximum absolute atomic E-state index is 12.3. The van der Waals surface area contributed by atoms with Crippen molar-refractivity contribution in [3.05, 3.63) is 48.2 Å². The summed E-state index contributed by atoms with van der Waals surface area (Å²) >= 11 is 0. The minimum atomic E-state index is -0.0904. The molecule has 0 radical (unpaired) electrons. The molecule has 4 rings (SSSR count).